The molecule has 1 aromatic carbocycles. The first-order chi connectivity index (χ1) is 14.7. The van der Waals surface area contributed by atoms with E-state index in [2.05, 4.69) is 100 Å². The van der Waals surface area contributed by atoms with E-state index in [0.29, 0.717) is 5.92 Å². The zero-order chi connectivity index (χ0) is 22.4. The molecule has 0 N–H and O–H groups in total. The predicted octanol–water partition coefficient (Wildman–Crippen LogP) is 7.34. The summed E-state index contributed by atoms with van der Waals surface area (Å²) in [5, 5.41) is 10.5. The summed E-state index contributed by atoms with van der Waals surface area (Å²) in [6, 6.07) is 9.08. The molecule has 4 nitrogen and oxygen atoms in total. The molecule has 1 fully saturated rings. The molecule has 2 aromatic heterocycles. The Morgan fingerprint density at radius 1 is 1.06 bits per heavy atom. The maximum atomic E-state index is 9.29. The molecule has 0 atom stereocenters. The Bertz CT molecular complexity index is 1170. The van der Waals surface area contributed by atoms with Crippen LogP contribution in [0.25, 0.3) is 16.7 Å². The maximum absolute atomic E-state index is 9.29. The number of benzene rings is 1. The molecular formula is C25H28Br2N4. The smallest absolute Gasteiger partial charge is 0.147 e. The number of piperidine rings is 1. The van der Waals surface area contributed by atoms with Gasteiger partial charge in [-0.25, -0.2) is 4.98 Å². The van der Waals surface area contributed by atoms with Gasteiger partial charge in [0, 0.05) is 50.4 Å². The summed E-state index contributed by atoms with van der Waals surface area (Å²) in [6.07, 6.45) is 1.84. The van der Waals surface area contributed by atoms with Gasteiger partial charge in [-0.2, -0.15) is 5.26 Å². The SMILES string of the molecule is Cc1cc(N2CCC(C#N)CC2)c2c(C)c(C)n(-c3c(Br)cc(C(C)C)cc3Br)c2n1. The molecule has 4 rings (SSSR count). The lowest BCUT2D eigenvalue weighted by molar-refractivity contribution is 0.488. The number of pyridine rings is 1. The minimum atomic E-state index is 0.175. The molecule has 0 unspecified atom stereocenters. The van der Waals surface area contributed by atoms with Crippen LogP contribution in [0, 0.1) is 38.0 Å². The van der Waals surface area contributed by atoms with Gasteiger partial charge in [-0.15, -0.1) is 0 Å². The Morgan fingerprint density at radius 2 is 1.68 bits per heavy atom. The van der Waals surface area contributed by atoms with Gasteiger partial charge in [0.1, 0.15) is 5.65 Å². The minimum Gasteiger partial charge on any atom is -0.371 e. The third-order valence-electron chi connectivity index (χ3n) is 6.52. The van der Waals surface area contributed by atoms with Crippen molar-refractivity contribution in [3.8, 4) is 11.8 Å². The van der Waals surface area contributed by atoms with Crippen molar-refractivity contribution in [1.82, 2.24) is 9.55 Å². The lowest BCUT2D eigenvalue weighted by atomic mass is 9.97. The van der Waals surface area contributed by atoms with Crippen LogP contribution in [0.15, 0.2) is 27.1 Å². The van der Waals surface area contributed by atoms with Crippen molar-refractivity contribution < 1.29 is 0 Å². The molecule has 1 saturated heterocycles. The molecule has 1 aliphatic heterocycles. The summed E-state index contributed by atoms with van der Waals surface area (Å²) in [7, 11) is 0. The monoisotopic (exact) mass is 542 g/mol. The third kappa shape index (κ3) is 3.91. The van der Waals surface area contributed by atoms with Gasteiger partial charge in [0.15, 0.2) is 0 Å². The summed E-state index contributed by atoms with van der Waals surface area (Å²) < 4.78 is 4.40. The minimum absolute atomic E-state index is 0.175. The van der Waals surface area contributed by atoms with Crippen LogP contribution in [-0.2, 0) is 0 Å². The number of rotatable bonds is 3. The van der Waals surface area contributed by atoms with Crippen molar-refractivity contribution >= 4 is 48.6 Å². The standard InChI is InChI=1S/C25H28Br2N4/c1-14(2)19-11-20(26)24(21(27)12-19)31-17(5)16(4)23-22(10-15(3)29-25(23)31)30-8-6-18(13-28)7-9-30/h10-12,14,18H,6-9H2,1-5H3. The summed E-state index contributed by atoms with van der Waals surface area (Å²) in [6.45, 7) is 12.7. The van der Waals surface area contributed by atoms with E-state index in [-0.39, 0.29) is 5.92 Å². The highest BCUT2D eigenvalue weighted by molar-refractivity contribution is 9.11. The van der Waals surface area contributed by atoms with Crippen molar-refractivity contribution in [3.05, 3.63) is 49.7 Å². The van der Waals surface area contributed by atoms with E-state index < -0.39 is 0 Å². The van der Waals surface area contributed by atoms with Crippen molar-refractivity contribution in [1.29, 1.82) is 5.26 Å². The zero-order valence-electron chi connectivity index (χ0n) is 18.8. The van der Waals surface area contributed by atoms with E-state index in [0.717, 1.165) is 51.9 Å². The fraction of sp³-hybridized carbons (Fsp3) is 0.440. The highest BCUT2D eigenvalue weighted by Gasteiger charge is 2.25. The van der Waals surface area contributed by atoms with Crippen molar-refractivity contribution in [2.45, 2.75) is 53.4 Å². The molecule has 162 valence electrons. The highest BCUT2D eigenvalue weighted by Crippen LogP contribution is 2.41. The van der Waals surface area contributed by atoms with Crippen molar-refractivity contribution in [3.63, 3.8) is 0 Å². The van der Waals surface area contributed by atoms with Gasteiger partial charge in [0.05, 0.1) is 11.8 Å². The van der Waals surface area contributed by atoms with Crippen LogP contribution >= 0.6 is 31.9 Å². The topological polar surface area (TPSA) is 44.9 Å². The second kappa shape index (κ2) is 8.60. The molecule has 0 aliphatic carbocycles. The number of nitrogens with zero attached hydrogens (tertiary/aromatic N) is 4. The van der Waals surface area contributed by atoms with Gasteiger partial charge in [-0.3, -0.25) is 4.57 Å². The fourth-order valence-electron chi connectivity index (χ4n) is 4.57. The van der Waals surface area contributed by atoms with Gasteiger partial charge in [-0.05, 0) is 101 Å². The van der Waals surface area contributed by atoms with Gasteiger partial charge < -0.3 is 4.90 Å². The number of aromatic nitrogens is 2. The van der Waals surface area contributed by atoms with Crippen LogP contribution in [0.3, 0.4) is 0 Å². The first kappa shape index (κ1) is 22.4. The number of anilines is 1. The number of fused-ring (bicyclic) bond motifs is 1. The molecular weight excluding hydrogens is 516 g/mol. The average Bonchev–Trinajstić information content (AvgIpc) is 2.97. The summed E-state index contributed by atoms with van der Waals surface area (Å²) in [5.74, 6) is 0.627. The first-order valence-electron chi connectivity index (χ1n) is 10.9. The average molecular weight is 544 g/mol. The molecule has 6 heteroatoms. The summed E-state index contributed by atoms with van der Waals surface area (Å²) in [5.41, 5.74) is 8.07. The Labute approximate surface area is 201 Å². The summed E-state index contributed by atoms with van der Waals surface area (Å²) in [4.78, 5) is 7.44. The molecule has 0 bridgehead atoms. The van der Waals surface area contributed by atoms with E-state index in [4.69, 9.17) is 4.98 Å². The zero-order valence-corrected chi connectivity index (χ0v) is 21.9. The van der Waals surface area contributed by atoms with Crippen LogP contribution in [0.1, 0.15) is 55.1 Å². The largest absolute Gasteiger partial charge is 0.371 e. The molecule has 3 aromatic rings. The second-order valence-corrected chi connectivity index (χ2v) is 10.6. The molecule has 1 aliphatic rings. The molecule has 0 saturated carbocycles. The third-order valence-corrected chi connectivity index (χ3v) is 7.73. The highest BCUT2D eigenvalue weighted by atomic mass is 79.9. The number of hydrogen-bond acceptors (Lipinski definition) is 3. The van der Waals surface area contributed by atoms with Crippen molar-refractivity contribution in [2.75, 3.05) is 18.0 Å². The molecule has 31 heavy (non-hydrogen) atoms. The van der Waals surface area contributed by atoms with Gasteiger partial charge in [-0.1, -0.05) is 13.8 Å². The second-order valence-electron chi connectivity index (χ2n) is 8.91. The van der Waals surface area contributed by atoms with Crippen LogP contribution in [0.5, 0.6) is 0 Å². The fourth-order valence-corrected chi connectivity index (χ4v) is 6.15. The van der Waals surface area contributed by atoms with E-state index in [1.165, 1.54) is 27.9 Å². The molecule has 0 radical (unpaired) electrons. The maximum Gasteiger partial charge on any atom is 0.147 e. The van der Waals surface area contributed by atoms with Crippen LogP contribution in [0.4, 0.5) is 5.69 Å². The van der Waals surface area contributed by atoms with E-state index >= 15 is 0 Å². The quantitative estimate of drug-likeness (QED) is 0.347. The number of nitriles is 1. The van der Waals surface area contributed by atoms with Crippen LogP contribution < -0.4 is 4.90 Å². The van der Waals surface area contributed by atoms with Gasteiger partial charge in [0.2, 0.25) is 0 Å². The number of aryl methyl sites for hydroxylation is 2. The Hall–Kier alpha value is -1.84. The lowest BCUT2D eigenvalue weighted by Gasteiger charge is -2.32. The Kier molecular flexibility index (Phi) is 6.20. The Balaban J connectivity index is 1.93. The number of hydrogen-bond donors (Lipinski definition) is 0. The molecule has 0 spiro atoms. The molecule has 3 heterocycles. The van der Waals surface area contributed by atoms with E-state index in [9.17, 15) is 5.26 Å². The van der Waals surface area contributed by atoms with Gasteiger partial charge in [0.25, 0.3) is 0 Å². The summed E-state index contributed by atoms with van der Waals surface area (Å²) >= 11 is 7.68. The number of halogens is 2. The van der Waals surface area contributed by atoms with Crippen LogP contribution in [0.2, 0.25) is 0 Å². The lowest BCUT2D eigenvalue weighted by Crippen LogP contribution is -2.33. The predicted molar refractivity (Wildman–Crippen MR) is 135 cm³/mol. The normalized spacial score (nSPS) is 15.1. The van der Waals surface area contributed by atoms with Crippen molar-refractivity contribution in [2.24, 2.45) is 5.92 Å². The van der Waals surface area contributed by atoms with Gasteiger partial charge >= 0.3 is 0 Å². The Morgan fingerprint density at radius 3 is 2.23 bits per heavy atom. The van der Waals surface area contributed by atoms with Crippen LogP contribution in [-0.4, -0.2) is 22.6 Å². The van der Waals surface area contributed by atoms with E-state index in [1.54, 1.807) is 0 Å². The van der Waals surface area contributed by atoms with E-state index in [1.807, 2.05) is 0 Å². The first-order valence-corrected chi connectivity index (χ1v) is 12.4. The molecule has 0 amide bonds.